The van der Waals surface area contributed by atoms with Crippen LogP contribution in [0.4, 0.5) is 0 Å². The molecular formula is C19H26N4O2. The molecule has 6 nitrogen and oxygen atoms in total. The number of furan rings is 1. The van der Waals surface area contributed by atoms with Crippen LogP contribution in [0.25, 0.3) is 0 Å². The smallest absolute Gasteiger partial charge is 0.234 e. The Bertz CT molecular complexity index is 690. The molecule has 1 aliphatic heterocycles. The maximum absolute atomic E-state index is 12.2. The molecule has 1 amide bonds. The first-order chi connectivity index (χ1) is 12.3. The first-order valence-electron chi connectivity index (χ1n) is 9.30. The van der Waals surface area contributed by atoms with Gasteiger partial charge in [-0.1, -0.05) is 0 Å². The third-order valence-electron chi connectivity index (χ3n) is 5.18. The number of nitrogens with zero attached hydrogens (tertiary/aromatic N) is 3. The molecule has 1 aliphatic carbocycles. The molecule has 1 saturated heterocycles. The summed E-state index contributed by atoms with van der Waals surface area (Å²) in [6, 6.07) is 3.71. The summed E-state index contributed by atoms with van der Waals surface area (Å²) >= 11 is 0. The number of piperidine rings is 1. The molecule has 2 fully saturated rings. The van der Waals surface area contributed by atoms with E-state index in [0.29, 0.717) is 19.0 Å². The van der Waals surface area contributed by atoms with Gasteiger partial charge in [0, 0.05) is 31.4 Å². The van der Waals surface area contributed by atoms with Crippen LogP contribution in [0.5, 0.6) is 0 Å². The van der Waals surface area contributed by atoms with Crippen LogP contribution in [-0.4, -0.2) is 40.0 Å². The quantitative estimate of drug-likeness (QED) is 0.839. The fourth-order valence-corrected chi connectivity index (χ4v) is 3.68. The Balaban J connectivity index is 1.30. The average molecular weight is 342 g/mol. The van der Waals surface area contributed by atoms with Crippen LogP contribution in [-0.2, 0) is 17.9 Å². The predicted molar refractivity (Wildman–Crippen MR) is 93.9 cm³/mol. The molecule has 134 valence electrons. The molecule has 6 heteroatoms. The molecule has 0 aromatic carbocycles. The number of amides is 1. The van der Waals surface area contributed by atoms with Gasteiger partial charge in [0.2, 0.25) is 5.91 Å². The lowest BCUT2D eigenvalue weighted by Crippen LogP contribution is -2.42. The zero-order valence-electron chi connectivity index (χ0n) is 14.6. The van der Waals surface area contributed by atoms with E-state index < -0.39 is 0 Å². The monoisotopic (exact) mass is 342 g/mol. The number of aromatic nitrogens is 2. The molecule has 0 bridgehead atoms. The third-order valence-corrected chi connectivity index (χ3v) is 5.18. The van der Waals surface area contributed by atoms with E-state index in [4.69, 9.17) is 4.42 Å². The molecule has 25 heavy (non-hydrogen) atoms. The first kappa shape index (κ1) is 16.4. The highest BCUT2D eigenvalue weighted by molar-refractivity contribution is 5.77. The van der Waals surface area contributed by atoms with Crippen molar-refractivity contribution in [1.29, 1.82) is 0 Å². The van der Waals surface area contributed by atoms with Gasteiger partial charge >= 0.3 is 0 Å². The number of imidazole rings is 1. The lowest BCUT2D eigenvalue weighted by molar-refractivity contribution is -0.122. The van der Waals surface area contributed by atoms with Gasteiger partial charge in [0.1, 0.15) is 11.6 Å². The summed E-state index contributed by atoms with van der Waals surface area (Å²) in [5.74, 6) is 3.32. The van der Waals surface area contributed by atoms with E-state index in [1.807, 2.05) is 18.3 Å². The molecule has 1 saturated carbocycles. The van der Waals surface area contributed by atoms with Crippen LogP contribution in [0.15, 0.2) is 35.2 Å². The fraction of sp³-hybridized carbons (Fsp3) is 0.579. The Morgan fingerprint density at radius 1 is 1.36 bits per heavy atom. The zero-order valence-corrected chi connectivity index (χ0v) is 14.6. The van der Waals surface area contributed by atoms with Gasteiger partial charge in [0.15, 0.2) is 0 Å². The van der Waals surface area contributed by atoms with Crippen molar-refractivity contribution in [3.8, 4) is 0 Å². The van der Waals surface area contributed by atoms with E-state index >= 15 is 0 Å². The van der Waals surface area contributed by atoms with Crippen LogP contribution in [0, 0.1) is 5.92 Å². The van der Waals surface area contributed by atoms with Crippen molar-refractivity contribution in [3.63, 3.8) is 0 Å². The summed E-state index contributed by atoms with van der Waals surface area (Å²) in [5, 5.41) is 2.93. The molecule has 0 unspecified atom stereocenters. The minimum absolute atomic E-state index is 0.0540. The van der Waals surface area contributed by atoms with Crippen LogP contribution in [0.3, 0.4) is 0 Å². The number of carbonyl (C=O) groups excluding carboxylic acids is 1. The summed E-state index contributed by atoms with van der Waals surface area (Å²) in [7, 11) is 0. The Labute approximate surface area is 148 Å². The standard InChI is InChI=1S/C19H26N4O2/c24-18(21-11-17-4-2-10-25-17)14-22-8-1-3-16(13-22)19-20-7-9-23(19)12-15-5-6-15/h2,4,7,9-10,15-16H,1,3,5-6,8,11-14H2,(H,21,24)/t16-/m0/s1. The van der Waals surface area contributed by atoms with Gasteiger partial charge in [0.25, 0.3) is 0 Å². The van der Waals surface area contributed by atoms with Gasteiger partial charge in [-0.05, 0) is 50.3 Å². The number of likely N-dealkylation sites (tertiary alicyclic amines) is 1. The summed E-state index contributed by atoms with van der Waals surface area (Å²) in [6.07, 6.45) is 10.6. The molecule has 4 rings (SSSR count). The molecule has 3 heterocycles. The summed E-state index contributed by atoms with van der Waals surface area (Å²) in [5.41, 5.74) is 0. The van der Waals surface area contributed by atoms with Crippen LogP contribution >= 0.6 is 0 Å². The summed E-state index contributed by atoms with van der Waals surface area (Å²) in [6.45, 7) is 3.90. The molecule has 0 radical (unpaired) electrons. The number of carbonyl (C=O) groups is 1. The largest absolute Gasteiger partial charge is 0.467 e. The van der Waals surface area contributed by atoms with Gasteiger partial charge in [-0.15, -0.1) is 0 Å². The highest BCUT2D eigenvalue weighted by atomic mass is 16.3. The van der Waals surface area contributed by atoms with E-state index in [2.05, 4.69) is 26.0 Å². The fourth-order valence-electron chi connectivity index (χ4n) is 3.68. The Kier molecular flexibility index (Phi) is 4.88. The second-order valence-electron chi connectivity index (χ2n) is 7.31. The van der Waals surface area contributed by atoms with Gasteiger partial charge in [-0.2, -0.15) is 0 Å². The minimum Gasteiger partial charge on any atom is -0.467 e. The molecule has 2 aromatic heterocycles. The maximum atomic E-state index is 12.2. The van der Waals surface area contributed by atoms with Crippen LogP contribution in [0.2, 0.25) is 0 Å². The summed E-state index contributed by atoms with van der Waals surface area (Å²) < 4.78 is 7.59. The second kappa shape index (κ2) is 7.44. The highest BCUT2D eigenvalue weighted by Crippen LogP contribution is 2.33. The number of hydrogen-bond donors (Lipinski definition) is 1. The summed E-state index contributed by atoms with van der Waals surface area (Å²) in [4.78, 5) is 19.1. The normalized spacial score (nSPS) is 21.4. The van der Waals surface area contributed by atoms with E-state index in [-0.39, 0.29) is 5.91 Å². The molecule has 1 atom stereocenters. The lowest BCUT2D eigenvalue weighted by atomic mass is 9.97. The van der Waals surface area contributed by atoms with E-state index in [0.717, 1.165) is 44.2 Å². The van der Waals surface area contributed by atoms with Crippen molar-refractivity contribution < 1.29 is 9.21 Å². The first-order valence-corrected chi connectivity index (χ1v) is 9.30. The van der Waals surface area contributed by atoms with Crippen LogP contribution in [0.1, 0.15) is 43.2 Å². The number of hydrogen-bond acceptors (Lipinski definition) is 4. The Morgan fingerprint density at radius 2 is 2.28 bits per heavy atom. The zero-order chi connectivity index (χ0) is 17.1. The maximum Gasteiger partial charge on any atom is 0.234 e. The van der Waals surface area contributed by atoms with Gasteiger partial charge in [-0.3, -0.25) is 9.69 Å². The second-order valence-corrected chi connectivity index (χ2v) is 7.31. The SMILES string of the molecule is O=C(CN1CCC[C@H](c2nccn2CC2CC2)C1)NCc1ccco1. The van der Waals surface area contributed by atoms with Crippen LogP contribution < -0.4 is 5.32 Å². The van der Waals surface area contributed by atoms with E-state index in [9.17, 15) is 4.79 Å². The van der Waals surface area contributed by atoms with E-state index in [1.54, 1.807) is 6.26 Å². The van der Waals surface area contributed by atoms with Gasteiger partial charge in [0.05, 0.1) is 19.4 Å². The molecule has 1 N–H and O–H groups in total. The van der Waals surface area contributed by atoms with Crippen molar-refractivity contribution in [1.82, 2.24) is 19.8 Å². The molecular weight excluding hydrogens is 316 g/mol. The van der Waals surface area contributed by atoms with Crippen molar-refractivity contribution in [2.75, 3.05) is 19.6 Å². The van der Waals surface area contributed by atoms with Crippen molar-refractivity contribution in [2.45, 2.75) is 44.7 Å². The van der Waals surface area contributed by atoms with Gasteiger partial charge in [-0.25, -0.2) is 4.98 Å². The number of nitrogens with one attached hydrogen (secondary N) is 1. The topological polar surface area (TPSA) is 63.3 Å². The average Bonchev–Trinajstić information content (AvgIpc) is 3.09. The van der Waals surface area contributed by atoms with Crippen molar-refractivity contribution >= 4 is 5.91 Å². The van der Waals surface area contributed by atoms with Crippen molar-refractivity contribution in [2.24, 2.45) is 5.92 Å². The van der Waals surface area contributed by atoms with E-state index in [1.165, 1.54) is 18.7 Å². The lowest BCUT2D eigenvalue weighted by Gasteiger charge is -2.32. The van der Waals surface area contributed by atoms with Gasteiger partial charge < -0.3 is 14.3 Å². The number of rotatable bonds is 7. The third kappa shape index (κ3) is 4.31. The minimum atomic E-state index is 0.0540. The molecule has 0 spiro atoms. The molecule has 2 aromatic rings. The predicted octanol–water partition coefficient (Wildman–Crippen LogP) is 2.38. The highest BCUT2D eigenvalue weighted by Gasteiger charge is 2.28. The molecule has 2 aliphatic rings. The Hall–Kier alpha value is -2.08. The Morgan fingerprint density at radius 3 is 3.08 bits per heavy atom. The van der Waals surface area contributed by atoms with Crippen molar-refractivity contribution in [3.05, 3.63) is 42.4 Å².